The highest BCUT2D eigenvalue weighted by atomic mass is 16.4. The van der Waals surface area contributed by atoms with Gasteiger partial charge in [-0.15, -0.1) is 0 Å². The van der Waals surface area contributed by atoms with Crippen LogP contribution in [0.4, 0.5) is 0 Å². The molecule has 0 bridgehead atoms. The van der Waals surface area contributed by atoms with Crippen molar-refractivity contribution in [3.8, 4) is 0 Å². The van der Waals surface area contributed by atoms with Gasteiger partial charge in [0.2, 0.25) is 0 Å². The molecule has 1 heterocycles. The Labute approximate surface area is 85.5 Å². The zero-order valence-electron chi connectivity index (χ0n) is 9.07. The topological polar surface area (TPSA) is 43.8 Å². The lowest BCUT2D eigenvalue weighted by atomic mass is 10.3. The van der Waals surface area contributed by atoms with Gasteiger partial charge in [0.25, 0.3) is 0 Å². The number of carbonyl (C=O) groups is 1. The van der Waals surface area contributed by atoms with Crippen molar-refractivity contribution < 1.29 is 9.90 Å². The van der Waals surface area contributed by atoms with Gasteiger partial charge in [-0.2, -0.15) is 0 Å². The predicted molar refractivity (Wildman–Crippen MR) is 55.4 cm³/mol. The molecule has 1 rings (SSSR count). The quantitative estimate of drug-likeness (QED) is 0.701. The highest BCUT2D eigenvalue weighted by Gasteiger charge is 2.18. The Morgan fingerprint density at radius 2 is 2.07 bits per heavy atom. The zero-order chi connectivity index (χ0) is 10.6. The van der Waals surface area contributed by atoms with Crippen LogP contribution in [-0.2, 0) is 4.79 Å². The number of hydrogen-bond donors (Lipinski definition) is 1. The number of aliphatic carboxylic acids is 1. The van der Waals surface area contributed by atoms with E-state index in [4.69, 9.17) is 5.11 Å². The van der Waals surface area contributed by atoms with Gasteiger partial charge in [0.15, 0.2) is 0 Å². The Kier molecular flexibility index (Phi) is 4.35. The molecule has 0 amide bonds. The molecule has 0 aromatic carbocycles. The molecule has 1 saturated heterocycles. The molecule has 0 aromatic rings. The lowest BCUT2D eigenvalue weighted by molar-refractivity contribution is -0.142. The van der Waals surface area contributed by atoms with E-state index in [0.29, 0.717) is 0 Å². The number of carboxylic acid groups (broad SMARTS) is 1. The van der Waals surface area contributed by atoms with Crippen molar-refractivity contribution in [1.82, 2.24) is 9.80 Å². The maximum Gasteiger partial charge on any atom is 0.320 e. The second-order valence-corrected chi connectivity index (χ2v) is 4.04. The summed E-state index contributed by atoms with van der Waals surface area (Å²) in [5.41, 5.74) is 0. The normalized spacial score (nSPS) is 20.2. The Hall–Kier alpha value is -0.610. The number of rotatable bonds is 5. The molecule has 1 unspecified atom stereocenters. The van der Waals surface area contributed by atoms with Gasteiger partial charge in [-0.25, -0.2) is 0 Å². The fourth-order valence-electron chi connectivity index (χ4n) is 1.69. The van der Waals surface area contributed by atoms with Gasteiger partial charge in [-0.05, 0) is 39.9 Å². The smallest absolute Gasteiger partial charge is 0.320 e. The number of likely N-dealkylation sites (tertiary alicyclic amines) is 1. The van der Waals surface area contributed by atoms with Crippen LogP contribution in [0.25, 0.3) is 0 Å². The van der Waals surface area contributed by atoms with E-state index in [2.05, 4.69) is 4.90 Å². The number of hydrogen-bond acceptors (Lipinski definition) is 3. The molecule has 1 aliphatic rings. The molecular formula is C10H20N2O2. The van der Waals surface area contributed by atoms with Crippen LogP contribution in [0.1, 0.15) is 19.8 Å². The second-order valence-electron chi connectivity index (χ2n) is 4.04. The highest BCUT2D eigenvalue weighted by Crippen LogP contribution is 2.07. The molecule has 4 nitrogen and oxygen atoms in total. The highest BCUT2D eigenvalue weighted by molar-refractivity contribution is 5.72. The molecule has 1 atom stereocenters. The third-order valence-corrected chi connectivity index (χ3v) is 2.99. The first kappa shape index (κ1) is 11.5. The molecular weight excluding hydrogens is 180 g/mol. The van der Waals surface area contributed by atoms with Crippen molar-refractivity contribution >= 4 is 5.97 Å². The minimum Gasteiger partial charge on any atom is -0.480 e. The van der Waals surface area contributed by atoms with Gasteiger partial charge in [-0.1, -0.05) is 0 Å². The Balaban J connectivity index is 2.19. The van der Waals surface area contributed by atoms with Crippen LogP contribution in [0.2, 0.25) is 0 Å². The Morgan fingerprint density at radius 1 is 1.50 bits per heavy atom. The molecule has 82 valence electrons. The molecule has 0 aromatic heterocycles. The summed E-state index contributed by atoms with van der Waals surface area (Å²) < 4.78 is 0. The van der Waals surface area contributed by atoms with Crippen LogP contribution < -0.4 is 0 Å². The number of carboxylic acids is 1. The maximum absolute atomic E-state index is 10.7. The summed E-state index contributed by atoms with van der Waals surface area (Å²) in [5.74, 6) is -0.742. The number of nitrogens with zero attached hydrogens (tertiary/aromatic N) is 2. The third-order valence-electron chi connectivity index (χ3n) is 2.99. The molecule has 1 N–H and O–H groups in total. The second kappa shape index (κ2) is 5.32. The Morgan fingerprint density at radius 3 is 2.57 bits per heavy atom. The first-order chi connectivity index (χ1) is 6.61. The van der Waals surface area contributed by atoms with Crippen LogP contribution in [0, 0.1) is 0 Å². The molecule has 0 spiro atoms. The van der Waals surface area contributed by atoms with Crippen LogP contribution in [0.5, 0.6) is 0 Å². The van der Waals surface area contributed by atoms with E-state index in [9.17, 15) is 4.79 Å². The largest absolute Gasteiger partial charge is 0.480 e. The average Bonchev–Trinajstić information content (AvgIpc) is 2.65. The molecule has 0 aliphatic carbocycles. The van der Waals surface area contributed by atoms with Gasteiger partial charge >= 0.3 is 5.97 Å². The fourth-order valence-corrected chi connectivity index (χ4v) is 1.69. The summed E-state index contributed by atoms with van der Waals surface area (Å²) >= 11 is 0. The summed E-state index contributed by atoms with van der Waals surface area (Å²) in [5, 5.41) is 8.79. The van der Waals surface area contributed by atoms with Crippen LogP contribution >= 0.6 is 0 Å². The number of likely N-dealkylation sites (N-methyl/N-ethyl adjacent to an activating group) is 1. The van der Waals surface area contributed by atoms with Crippen molar-refractivity contribution in [2.45, 2.75) is 25.8 Å². The van der Waals surface area contributed by atoms with E-state index < -0.39 is 5.97 Å². The third kappa shape index (κ3) is 3.27. The molecule has 4 heteroatoms. The minimum atomic E-state index is -0.742. The van der Waals surface area contributed by atoms with Crippen LogP contribution in [-0.4, -0.2) is 60.1 Å². The van der Waals surface area contributed by atoms with Gasteiger partial charge in [0.05, 0.1) is 0 Å². The average molecular weight is 200 g/mol. The molecule has 0 radical (unpaired) electrons. The van der Waals surface area contributed by atoms with Crippen molar-refractivity contribution in [1.29, 1.82) is 0 Å². The van der Waals surface area contributed by atoms with Crippen LogP contribution in [0.3, 0.4) is 0 Å². The SMILES string of the molecule is CC(C(=O)O)N(C)CCN1CCCC1. The van der Waals surface area contributed by atoms with Gasteiger partial charge < -0.3 is 10.0 Å². The van der Waals surface area contributed by atoms with E-state index in [-0.39, 0.29) is 6.04 Å². The predicted octanol–water partition coefficient (Wildman–Crippen LogP) is 0.487. The van der Waals surface area contributed by atoms with E-state index in [1.165, 1.54) is 25.9 Å². The van der Waals surface area contributed by atoms with E-state index >= 15 is 0 Å². The Bertz CT molecular complexity index is 191. The zero-order valence-corrected chi connectivity index (χ0v) is 9.07. The van der Waals surface area contributed by atoms with Crippen molar-refractivity contribution in [3.05, 3.63) is 0 Å². The molecule has 14 heavy (non-hydrogen) atoms. The monoisotopic (exact) mass is 200 g/mol. The summed E-state index contributed by atoms with van der Waals surface area (Å²) in [4.78, 5) is 15.0. The molecule has 0 saturated carbocycles. The first-order valence-corrected chi connectivity index (χ1v) is 5.26. The van der Waals surface area contributed by atoms with Crippen molar-refractivity contribution in [2.75, 3.05) is 33.2 Å². The summed E-state index contributed by atoms with van der Waals surface area (Å²) in [6.07, 6.45) is 2.58. The van der Waals surface area contributed by atoms with Crippen LogP contribution in [0.15, 0.2) is 0 Å². The first-order valence-electron chi connectivity index (χ1n) is 5.26. The van der Waals surface area contributed by atoms with Gasteiger partial charge in [-0.3, -0.25) is 9.69 Å². The van der Waals surface area contributed by atoms with Gasteiger partial charge in [0, 0.05) is 13.1 Å². The fraction of sp³-hybridized carbons (Fsp3) is 0.900. The minimum absolute atomic E-state index is 0.377. The standard InChI is InChI=1S/C10H20N2O2/c1-9(10(13)14)11(2)7-8-12-5-3-4-6-12/h9H,3-8H2,1-2H3,(H,13,14). The summed E-state index contributed by atoms with van der Waals surface area (Å²) in [6.45, 7) is 5.92. The van der Waals surface area contributed by atoms with E-state index in [0.717, 1.165) is 13.1 Å². The van der Waals surface area contributed by atoms with Gasteiger partial charge in [0.1, 0.15) is 6.04 Å². The maximum atomic E-state index is 10.7. The van der Waals surface area contributed by atoms with E-state index in [1.54, 1.807) is 6.92 Å². The summed E-state index contributed by atoms with van der Waals surface area (Å²) in [7, 11) is 1.87. The lowest BCUT2D eigenvalue weighted by Crippen LogP contribution is -2.40. The summed E-state index contributed by atoms with van der Waals surface area (Å²) in [6, 6.07) is -0.377. The molecule has 1 aliphatic heterocycles. The molecule has 1 fully saturated rings. The lowest BCUT2D eigenvalue weighted by Gasteiger charge is -2.24. The van der Waals surface area contributed by atoms with Crippen molar-refractivity contribution in [3.63, 3.8) is 0 Å². The van der Waals surface area contributed by atoms with Crippen molar-refractivity contribution in [2.24, 2.45) is 0 Å². The van der Waals surface area contributed by atoms with E-state index in [1.807, 2.05) is 11.9 Å².